The van der Waals surface area contributed by atoms with Gasteiger partial charge in [0.1, 0.15) is 5.75 Å². The Hall–Kier alpha value is -1.60. The second-order valence-electron chi connectivity index (χ2n) is 3.15. The maximum atomic E-state index is 11.4. The molecular weight excluding hydrogens is 292 g/mol. The minimum absolute atomic E-state index is 0.351. The van der Waals surface area contributed by atoms with Gasteiger partial charge < -0.3 is 20.9 Å². The van der Waals surface area contributed by atoms with E-state index in [1.54, 1.807) is 18.2 Å². The normalized spacial score (nSPS) is 11.7. The van der Waals surface area contributed by atoms with Crippen LogP contribution in [0.3, 0.4) is 0 Å². The average Bonchev–Trinajstić information content (AvgIpc) is 2.28. The molecule has 0 fully saturated rings. The Morgan fingerprint density at radius 1 is 1.53 bits per heavy atom. The Balaban J connectivity index is 2.91. The maximum absolute atomic E-state index is 11.4. The van der Waals surface area contributed by atoms with Crippen molar-refractivity contribution in [3.8, 4) is 5.75 Å². The summed E-state index contributed by atoms with van der Waals surface area (Å²) in [6, 6.07) is 3.34. The fraction of sp³-hybridized carbons (Fsp3) is 0.200. The molecule has 7 heteroatoms. The Bertz CT molecular complexity index is 450. The van der Waals surface area contributed by atoms with Crippen molar-refractivity contribution in [1.29, 1.82) is 0 Å². The highest BCUT2D eigenvalue weighted by molar-refractivity contribution is 9.10. The van der Waals surface area contributed by atoms with E-state index in [2.05, 4.69) is 21.2 Å². The van der Waals surface area contributed by atoms with Crippen molar-refractivity contribution < 1.29 is 19.4 Å². The highest BCUT2D eigenvalue weighted by atomic mass is 79.9. The van der Waals surface area contributed by atoms with E-state index in [9.17, 15) is 9.59 Å². The number of halogens is 1. The van der Waals surface area contributed by atoms with E-state index in [-0.39, 0.29) is 0 Å². The quantitative estimate of drug-likeness (QED) is 0.714. The van der Waals surface area contributed by atoms with Crippen molar-refractivity contribution in [3.05, 3.63) is 22.7 Å². The van der Waals surface area contributed by atoms with Crippen molar-refractivity contribution in [2.45, 2.75) is 6.04 Å². The molecular formula is C10H11BrN2O4. The predicted molar refractivity (Wildman–Crippen MR) is 64.9 cm³/mol. The van der Waals surface area contributed by atoms with Gasteiger partial charge in [0.15, 0.2) is 6.04 Å². The standard InChI is InChI=1S/C10H11BrN2O4/c1-17-7-3-2-5(11)4-6(7)13-9(14)8(12)10(15)16/h2-4,8H,12H2,1H3,(H,13,14)(H,15,16). The number of carbonyl (C=O) groups is 2. The molecule has 1 atom stereocenters. The minimum Gasteiger partial charge on any atom is -0.495 e. The number of hydrogen-bond acceptors (Lipinski definition) is 4. The van der Waals surface area contributed by atoms with Crippen LogP contribution in [0.5, 0.6) is 5.75 Å². The lowest BCUT2D eigenvalue weighted by atomic mass is 10.2. The average molecular weight is 303 g/mol. The monoisotopic (exact) mass is 302 g/mol. The fourth-order valence-electron chi connectivity index (χ4n) is 1.10. The van der Waals surface area contributed by atoms with Crippen molar-refractivity contribution in [2.24, 2.45) is 5.73 Å². The zero-order chi connectivity index (χ0) is 13.0. The summed E-state index contributed by atoms with van der Waals surface area (Å²) in [6.07, 6.45) is 0. The highest BCUT2D eigenvalue weighted by Gasteiger charge is 2.22. The summed E-state index contributed by atoms with van der Waals surface area (Å²) in [5, 5.41) is 11.0. The van der Waals surface area contributed by atoms with Gasteiger partial charge in [-0.25, -0.2) is 4.79 Å². The first-order valence-corrected chi connectivity index (χ1v) is 5.37. The number of carboxylic acids is 1. The number of nitrogens with one attached hydrogen (secondary N) is 1. The largest absolute Gasteiger partial charge is 0.495 e. The number of benzene rings is 1. The third-order valence-corrected chi connectivity index (χ3v) is 2.46. The van der Waals surface area contributed by atoms with Crippen molar-refractivity contribution >= 4 is 33.5 Å². The van der Waals surface area contributed by atoms with Crippen LogP contribution in [0.25, 0.3) is 0 Å². The molecule has 6 nitrogen and oxygen atoms in total. The third kappa shape index (κ3) is 3.43. The smallest absolute Gasteiger partial charge is 0.330 e. The van der Waals surface area contributed by atoms with E-state index in [0.29, 0.717) is 11.4 Å². The van der Waals surface area contributed by atoms with Gasteiger partial charge in [-0.1, -0.05) is 15.9 Å². The number of ether oxygens (including phenoxy) is 1. The zero-order valence-electron chi connectivity index (χ0n) is 8.94. The van der Waals surface area contributed by atoms with Crippen molar-refractivity contribution in [3.63, 3.8) is 0 Å². The van der Waals surface area contributed by atoms with Gasteiger partial charge in [-0.2, -0.15) is 0 Å². The minimum atomic E-state index is -1.61. The van der Waals surface area contributed by atoms with Gasteiger partial charge in [-0.05, 0) is 18.2 Å². The van der Waals surface area contributed by atoms with E-state index in [4.69, 9.17) is 15.6 Å². The van der Waals surface area contributed by atoms with E-state index in [1.807, 2.05) is 0 Å². The summed E-state index contributed by atoms with van der Waals surface area (Å²) in [5.41, 5.74) is 5.52. The number of nitrogens with two attached hydrogens (primary N) is 1. The Morgan fingerprint density at radius 2 is 2.18 bits per heavy atom. The molecule has 1 rings (SSSR count). The number of amides is 1. The molecule has 1 aromatic carbocycles. The predicted octanol–water partition coefficient (Wildman–Crippen LogP) is 0.808. The molecule has 0 heterocycles. The number of hydrogen-bond donors (Lipinski definition) is 3. The first-order valence-electron chi connectivity index (χ1n) is 4.58. The Morgan fingerprint density at radius 3 is 2.71 bits per heavy atom. The van der Waals surface area contributed by atoms with Crippen LogP contribution in [0.15, 0.2) is 22.7 Å². The van der Waals surface area contributed by atoms with Crippen molar-refractivity contribution in [1.82, 2.24) is 0 Å². The molecule has 0 spiro atoms. The summed E-state index contributed by atoms with van der Waals surface area (Å²) in [7, 11) is 1.44. The number of aliphatic carboxylic acids is 1. The highest BCUT2D eigenvalue weighted by Crippen LogP contribution is 2.27. The molecule has 0 aromatic heterocycles. The van der Waals surface area contributed by atoms with Crippen molar-refractivity contribution in [2.75, 3.05) is 12.4 Å². The molecule has 0 bridgehead atoms. The van der Waals surface area contributed by atoms with Gasteiger partial charge in [-0.3, -0.25) is 4.79 Å². The molecule has 1 aromatic rings. The number of methoxy groups -OCH3 is 1. The number of carbonyl (C=O) groups excluding carboxylic acids is 1. The second kappa shape index (κ2) is 5.65. The lowest BCUT2D eigenvalue weighted by Crippen LogP contribution is -2.42. The number of anilines is 1. The van der Waals surface area contributed by atoms with E-state index in [0.717, 1.165) is 4.47 Å². The molecule has 0 radical (unpaired) electrons. The number of carboxylic acid groups (broad SMARTS) is 1. The lowest BCUT2D eigenvalue weighted by molar-refractivity contribution is -0.141. The maximum Gasteiger partial charge on any atom is 0.330 e. The van der Waals surface area contributed by atoms with Gasteiger partial charge in [0.25, 0.3) is 5.91 Å². The van der Waals surface area contributed by atoms with Crippen LogP contribution in [0.1, 0.15) is 0 Å². The van der Waals surface area contributed by atoms with E-state index < -0.39 is 17.9 Å². The molecule has 17 heavy (non-hydrogen) atoms. The van der Waals surface area contributed by atoms with Crippen LogP contribution < -0.4 is 15.8 Å². The molecule has 0 aliphatic carbocycles. The first kappa shape index (κ1) is 13.5. The third-order valence-electron chi connectivity index (χ3n) is 1.97. The molecule has 92 valence electrons. The summed E-state index contributed by atoms with van der Waals surface area (Å²) in [5.74, 6) is -1.79. The molecule has 4 N–H and O–H groups in total. The molecule has 0 saturated heterocycles. The first-order chi connectivity index (χ1) is 7.95. The van der Waals surface area contributed by atoms with Crippen LogP contribution in [0.2, 0.25) is 0 Å². The molecule has 1 amide bonds. The van der Waals surface area contributed by atoms with Crippen LogP contribution in [-0.2, 0) is 9.59 Å². The molecule has 0 aliphatic heterocycles. The van der Waals surface area contributed by atoms with Crippen LogP contribution in [-0.4, -0.2) is 30.1 Å². The van der Waals surface area contributed by atoms with E-state index in [1.165, 1.54) is 7.11 Å². The van der Waals surface area contributed by atoms with Gasteiger partial charge in [0.05, 0.1) is 12.8 Å². The lowest BCUT2D eigenvalue weighted by Gasteiger charge is -2.12. The molecule has 1 unspecified atom stereocenters. The summed E-state index contributed by atoms with van der Waals surface area (Å²) < 4.78 is 5.74. The van der Waals surface area contributed by atoms with Gasteiger partial charge in [0, 0.05) is 4.47 Å². The zero-order valence-corrected chi connectivity index (χ0v) is 10.5. The second-order valence-corrected chi connectivity index (χ2v) is 4.07. The van der Waals surface area contributed by atoms with Gasteiger partial charge in [0.2, 0.25) is 0 Å². The fourth-order valence-corrected chi connectivity index (χ4v) is 1.46. The summed E-state index contributed by atoms with van der Waals surface area (Å²) >= 11 is 3.23. The topological polar surface area (TPSA) is 102 Å². The van der Waals surface area contributed by atoms with Gasteiger partial charge >= 0.3 is 5.97 Å². The van der Waals surface area contributed by atoms with Crippen LogP contribution in [0.4, 0.5) is 5.69 Å². The number of rotatable bonds is 4. The Labute approximate surface area is 106 Å². The van der Waals surface area contributed by atoms with Gasteiger partial charge in [-0.15, -0.1) is 0 Å². The van der Waals surface area contributed by atoms with E-state index >= 15 is 0 Å². The summed E-state index contributed by atoms with van der Waals surface area (Å²) in [4.78, 5) is 22.0. The van der Waals surface area contributed by atoms with Crippen LogP contribution >= 0.6 is 15.9 Å². The molecule has 0 saturated carbocycles. The SMILES string of the molecule is COc1ccc(Br)cc1NC(=O)C(N)C(=O)O. The summed E-state index contributed by atoms with van der Waals surface area (Å²) in [6.45, 7) is 0. The molecule has 0 aliphatic rings. The Kier molecular flexibility index (Phi) is 4.47. The van der Waals surface area contributed by atoms with Crippen LogP contribution in [0, 0.1) is 0 Å².